The summed E-state index contributed by atoms with van der Waals surface area (Å²) in [6, 6.07) is 6.49. The van der Waals surface area contributed by atoms with Gasteiger partial charge in [0.2, 0.25) is 5.91 Å². The van der Waals surface area contributed by atoms with Crippen molar-refractivity contribution in [3.05, 3.63) is 48.0 Å². The largest absolute Gasteiger partial charge is 0.477 e. The molecular formula is C12H12N4O3. The van der Waals surface area contributed by atoms with Crippen LogP contribution in [0.5, 0.6) is 0 Å². The first-order valence-electron chi connectivity index (χ1n) is 5.58. The van der Waals surface area contributed by atoms with E-state index in [1.807, 2.05) is 0 Å². The lowest BCUT2D eigenvalue weighted by atomic mass is 10.4. The van der Waals surface area contributed by atoms with Crippen molar-refractivity contribution in [2.45, 2.75) is 13.1 Å². The Hall–Kier alpha value is -2.70. The molecule has 1 amide bonds. The maximum atomic E-state index is 11.7. The van der Waals surface area contributed by atoms with Gasteiger partial charge in [-0.2, -0.15) is 10.2 Å². The molecule has 2 rings (SSSR count). The normalized spacial score (nSPS) is 10.1. The standard InChI is InChI=1S/C12H12N4O3/c17-11(13-7-9-3-1-5-14-15-9)8-16-6-2-4-10(16)12(18)19/h1-6H,7-8H2,(H,13,17)(H,18,19). The molecule has 0 spiro atoms. The number of aromatic carboxylic acids is 1. The first-order chi connectivity index (χ1) is 9.16. The summed E-state index contributed by atoms with van der Waals surface area (Å²) in [6.45, 7) is 0.214. The Kier molecular flexibility index (Phi) is 3.87. The molecule has 0 saturated carbocycles. The summed E-state index contributed by atoms with van der Waals surface area (Å²) in [7, 11) is 0. The van der Waals surface area contributed by atoms with Crippen molar-refractivity contribution in [2.24, 2.45) is 0 Å². The predicted molar refractivity (Wildman–Crippen MR) is 65.3 cm³/mol. The molecule has 2 aromatic rings. The minimum atomic E-state index is -1.06. The lowest BCUT2D eigenvalue weighted by Crippen LogP contribution is -2.28. The van der Waals surface area contributed by atoms with Gasteiger partial charge in [-0.1, -0.05) is 0 Å². The number of amides is 1. The summed E-state index contributed by atoms with van der Waals surface area (Å²) >= 11 is 0. The molecule has 2 heterocycles. The molecule has 7 heteroatoms. The van der Waals surface area contributed by atoms with Crippen molar-refractivity contribution in [3.8, 4) is 0 Å². The van der Waals surface area contributed by atoms with E-state index < -0.39 is 5.97 Å². The van der Waals surface area contributed by atoms with Crippen LogP contribution in [0.2, 0.25) is 0 Å². The van der Waals surface area contributed by atoms with E-state index in [0.29, 0.717) is 5.69 Å². The first-order valence-corrected chi connectivity index (χ1v) is 5.58. The Morgan fingerprint density at radius 2 is 2.16 bits per heavy atom. The number of carboxylic acid groups (broad SMARTS) is 1. The zero-order chi connectivity index (χ0) is 13.7. The summed E-state index contributed by atoms with van der Waals surface area (Å²) in [5.41, 5.74) is 0.719. The molecule has 98 valence electrons. The average Bonchev–Trinajstić information content (AvgIpc) is 2.86. The monoisotopic (exact) mass is 260 g/mol. The summed E-state index contributed by atoms with van der Waals surface area (Å²) < 4.78 is 1.37. The van der Waals surface area contributed by atoms with E-state index in [9.17, 15) is 9.59 Å². The van der Waals surface area contributed by atoms with Crippen LogP contribution >= 0.6 is 0 Å². The van der Waals surface area contributed by atoms with Gasteiger partial charge in [0.25, 0.3) is 0 Å². The van der Waals surface area contributed by atoms with Crippen molar-refractivity contribution in [2.75, 3.05) is 0 Å². The molecular weight excluding hydrogens is 248 g/mol. The Morgan fingerprint density at radius 3 is 2.84 bits per heavy atom. The Labute approximate surface area is 108 Å². The smallest absolute Gasteiger partial charge is 0.352 e. The summed E-state index contributed by atoms with van der Waals surface area (Å²) in [6.07, 6.45) is 3.09. The molecule has 0 aliphatic heterocycles. The van der Waals surface area contributed by atoms with Gasteiger partial charge in [-0.3, -0.25) is 4.79 Å². The van der Waals surface area contributed by atoms with Crippen LogP contribution in [-0.2, 0) is 17.9 Å². The number of rotatable bonds is 5. The fraction of sp³-hybridized carbons (Fsp3) is 0.167. The SMILES string of the molecule is O=C(Cn1cccc1C(=O)O)NCc1cccnn1. The lowest BCUT2D eigenvalue weighted by molar-refractivity contribution is -0.121. The quantitative estimate of drug-likeness (QED) is 0.805. The molecule has 2 aromatic heterocycles. The van der Waals surface area contributed by atoms with Gasteiger partial charge in [-0.25, -0.2) is 4.79 Å². The molecule has 0 unspecified atom stereocenters. The number of aromatic nitrogens is 3. The third-order valence-electron chi connectivity index (χ3n) is 2.46. The van der Waals surface area contributed by atoms with Crippen LogP contribution in [0, 0.1) is 0 Å². The van der Waals surface area contributed by atoms with E-state index in [4.69, 9.17) is 5.11 Å². The van der Waals surface area contributed by atoms with Crippen LogP contribution in [0.1, 0.15) is 16.2 Å². The van der Waals surface area contributed by atoms with E-state index in [-0.39, 0.29) is 24.7 Å². The molecule has 0 fully saturated rings. The number of carbonyl (C=O) groups is 2. The van der Waals surface area contributed by atoms with E-state index in [1.165, 1.54) is 10.6 Å². The van der Waals surface area contributed by atoms with Gasteiger partial charge in [-0.05, 0) is 24.3 Å². The molecule has 0 atom stereocenters. The number of carboxylic acids is 1. The second kappa shape index (κ2) is 5.76. The highest BCUT2D eigenvalue weighted by molar-refractivity contribution is 5.86. The van der Waals surface area contributed by atoms with Crippen LogP contribution < -0.4 is 5.32 Å². The molecule has 19 heavy (non-hydrogen) atoms. The highest BCUT2D eigenvalue weighted by Gasteiger charge is 2.11. The van der Waals surface area contributed by atoms with Crippen molar-refractivity contribution in [1.82, 2.24) is 20.1 Å². The van der Waals surface area contributed by atoms with Crippen molar-refractivity contribution in [3.63, 3.8) is 0 Å². The Balaban J connectivity index is 1.91. The minimum Gasteiger partial charge on any atom is -0.477 e. The third-order valence-corrected chi connectivity index (χ3v) is 2.46. The van der Waals surface area contributed by atoms with Gasteiger partial charge in [0, 0.05) is 12.4 Å². The number of hydrogen-bond acceptors (Lipinski definition) is 4. The molecule has 0 bridgehead atoms. The zero-order valence-corrected chi connectivity index (χ0v) is 9.98. The number of nitrogens with one attached hydrogen (secondary N) is 1. The van der Waals surface area contributed by atoms with Crippen molar-refractivity contribution in [1.29, 1.82) is 0 Å². The van der Waals surface area contributed by atoms with E-state index in [1.54, 1.807) is 30.6 Å². The Morgan fingerprint density at radius 1 is 1.32 bits per heavy atom. The molecule has 0 saturated heterocycles. The minimum absolute atomic E-state index is 0.0467. The van der Waals surface area contributed by atoms with E-state index in [0.717, 1.165) is 0 Å². The van der Waals surface area contributed by atoms with Gasteiger partial charge in [-0.15, -0.1) is 0 Å². The van der Waals surface area contributed by atoms with Gasteiger partial charge in [0.15, 0.2) is 0 Å². The fourth-order valence-corrected chi connectivity index (χ4v) is 1.57. The summed E-state index contributed by atoms with van der Waals surface area (Å²) in [5, 5.41) is 19.1. The van der Waals surface area contributed by atoms with Gasteiger partial charge in [0.1, 0.15) is 12.2 Å². The van der Waals surface area contributed by atoms with Crippen LogP contribution in [-0.4, -0.2) is 31.7 Å². The second-order valence-corrected chi connectivity index (χ2v) is 3.82. The van der Waals surface area contributed by atoms with Crippen LogP contribution in [0.15, 0.2) is 36.7 Å². The molecule has 7 nitrogen and oxygen atoms in total. The lowest BCUT2D eigenvalue weighted by Gasteiger charge is -2.07. The highest BCUT2D eigenvalue weighted by Crippen LogP contribution is 2.02. The molecule has 2 N–H and O–H groups in total. The highest BCUT2D eigenvalue weighted by atomic mass is 16.4. The van der Waals surface area contributed by atoms with Gasteiger partial charge >= 0.3 is 5.97 Å². The van der Waals surface area contributed by atoms with Crippen LogP contribution in [0.3, 0.4) is 0 Å². The molecule has 0 radical (unpaired) electrons. The van der Waals surface area contributed by atoms with E-state index in [2.05, 4.69) is 15.5 Å². The van der Waals surface area contributed by atoms with Crippen LogP contribution in [0.4, 0.5) is 0 Å². The average molecular weight is 260 g/mol. The predicted octanol–water partition coefficient (Wildman–Crippen LogP) is 0.293. The number of hydrogen-bond donors (Lipinski definition) is 2. The van der Waals surface area contributed by atoms with Crippen molar-refractivity contribution >= 4 is 11.9 Å². The van der Waals surface area contributed by atoms with Gasteiger partial charge in [0.05, 0.1) is 12.2 Å². The maximum absolute atomic E-state index is 11.7. The molecule has 0 aliphatic rings. The Bertz CT molecular complexity index is 580. The first kappa shape index (κ1) is 12.7. The van der Waals surface area contributed by atoms with E-state index >= 15 is 0 Å². The van der Waals surface area contributed by atoms with Gasteiger partial charge < -0.3 is 15.0 Å². The number of nitrogens with zero attached hydrogens (tertiary/aromatic N) is 3. The number of carbonyl (C=O) groups excluding carboxylic acids is 1. The fourth-order valence-electron chi connectivity index (χ4n) is 1.57. The zero-order valence-electron chi connectivity index (χ0n) is 9.98. The topological polar surface area (TPSA) is 97.1 Å². The molecule has 0 aromatic carbocycles. The van der Waals surface area contributed by atoms with Crippen LogP contribution in [0.25, 0.3) is 0 Å². The van der Waals surface area contributed by atoms with Crippen molar-refractivity contribution < 1.29 is 14.7 Å². The maximum Gasteiger partial charge on any atom is 0.352 e. The second-order valence-electron chi connectivity index (χ2n) is 3.82. The summed E-state index contributed by atoms with van der Waals surface area (Å²) in [5.74, 6) is -1.35. The third kappa shape index (κ3) is 3.38. The molecule has 0 aliphatic carbocycles. The summed E-state index contributed by atoms with van der Waals surface area (Å²) in [4.78, 5) is 22.6.